The number of ether oxygens (including phenoxy) is 1. The average molecular weight is 398 g/mol. The summed E-state index contributed by atoms with van der Waals surface area (Å²) in [6.07, 6.45) is 0. The van der Waals surface area contributed by atoms with Crippen LogP contribution in [0.15, 0.2) is 32.5 Å². The third-order valence-electron chi connectivity index (χ3n) is 2.02. The number of hydrogen-bond acceptors (Lipinski definition) is 3. The van der Waals surface area contributed by atoms with Crippen LogP contribution in [0.1, 0.15) is 4.88 Å². The second-order valence-electron chi connectivity index (χ2n) is 3.30. The Labute approximate surface area is 125 Å². The van der Waals surface area contributed by atoms with E-state index in [1.165, 1.54) is 0 Å². The number of benzene rings is 1. The lowest BCUT2D eigenvalue weighted by molar-refractivity contribution is 0.309. The Morgan fingerprint density at radius 1 is 1.29 bits per heavy atom. The summed E-state index contributed by atoms with van der Waals surface area (Å²) in [5.74, 6) is 0.624. The fraction of sp³-hybridized carbons (Fsp3) is 0.0909. The largest absolute Gasteiger partial charge is 0.485 e. The molecule has 1 heterocycles. The van der Waals surface area contributed by atoms with Gasteiger partial charge in [-0.2, -0.15) is 0 Å². The van der Waals surface area contributed by atoms with Crippen LogP contribution < -0.4 is 10.5 Å². The summed E-state index contributed by atoms with van der Waals surface area (Å²) in [7, 11) is 0. The minimum absolute atomic E-state index is 0.487. The molecule has 0 aliphatic carbocycles. The summed E-state index contributed by atoms with van der Waals surface area (Å²) in [4.78, 5) is 1.12. The molecule has 0 aliphatic heterocycles. The van der Waals surface area contributed by atoms with E-state index in [1.54, 1.807) is 23.5 Å². The predicted molar refractivity (Wildman–Crippen MR) is 79.9 cm³/mol. The molecule has 0 saturated carbocycles. The summed E-state index contributed by atoms with van der Waals surface area (Å²) in [6, 6.07) is 7.43. The van der Waals surface area contributed by atoms with Crippen LogP contribution in [0, 0.1) is 0 Å². The maximum Gasteiger partial charge on any atom is 0.156 e. The van der Waals surface area contributed by atoms with E-state index in [0.717, 1.165) is 13.1 Å². The van der Waals surface area contributed by atoms with Crippen molar-refractivity contribution < 1.29 is 4.74 Å². The standard InChI is InChI=1S/C11H8Br2ClNOS/c12-8-3-6(14)4-9(15)11(8)16-5-7-1-2-10(13)17-7/h1-4H,5,15H2. The third kappa shape index (κ3) is 3.37. The van der Waals surface area contributed by atoms with Crippen LogP contribution >= 0.6 is 54.8 Å². The molecule has 0 amide bonds. The molecule has 0 radical (unpaired) electrons. The van der Waals surface area contributed by atoms with Gasteiger partial charge in [-0.3, -0.25) is 0 Å². The fourth-order valence-corrected chi connectivity index (χ4v) is 3.65. The van der Waals surface area contributed by atoms with Gasteiger partial charge < -0.3 is 10.5 Å². The molecule has 2 rings (SSSR count). The fourth-order valence-electron chi connectivity index (χ4n) is 1.31. The summed E-state index contributed by atoms with van der Waals surface area (Å²) in [6.45, 7) is 0.487. The van der Waals surface area contributed by atoms with Crippen LogP contribution in [0.2, 0.25) is 5.02 Å². The van der Waals surface area contributed by atoms with Crippen molar-refractivity contribution in [2.24, 2.45) is 0 Å². The Bertz CT molecular complexity index is 521. The first-order valence-corrected chi connectivity index (χ1v) is 7.46. The molecule has 0 unspecified atom stereocenters. The Morgan fingerprint density at radius 3 is 2.65 bits per heavy atom. The molecule has 1 aromatic heterocycles. The molecule has 1 aromatic carbocycles. The normalized spacial score (nSPS) is 10.5. The maximum absolute atomic E-state index is 5.87. The summed E-state index contributed by atoms with van der Waals surface area (Å²) >= 11 is 14.3. The minimum atomic E-state index is 0.487. The van der Waals surface area contributed by atoms with Crippen molar-refractivity contribution in [3.8, 4) is 5.75 Å². The molecule has 0 bridgehead atoms. The van der Waals surface area contributed by atoms with E-state index in [0.29, 0.717) is 23.1 Å². The highest BCUT2D eigenvalue weighted by atomic mass is 79.9. The van der Waals surface area contributed by atoms with Crippen molar-refractivity contribution in [1.29, 1.82) is 0 Å². The highest BCUT2D eigenvalue weighted by Gasteiger charge is 2.08. The molecule has 6 heteroatoms. The van der Waals surface area contributed by atoms with E-state index in [9.17, 15) is 0 Å². The lowest BCUT2D eigenvalue weighted by Gasteiger charge is -2.10. The zero-order chi connectivity index (χ0) is 12.4. The van der Waals surface area contributed by atoms with E-state index in [4.69, 9.17) is 22.1 Å². The lowest BCUT2D eigenvalue weighted by Crippen LogP contribution is -1.98. The smallest absolute Gasteiger partial charge is 0.156 e. The van der Waals surface area contributed by atoms with E-state index in [-0.39, 0.29) is 0 Å². The van der Waals surface area contributed by atoms with Crippen molar-refractivity contribution in [2.45, 2.75) is 6.61 Å². The monoisotopic (exact) mass is 395 g/mol. The third-order valence-corrected chi connectivity index (χ3v) is 4.43. The van der Waals surface area contributed by atoms with Crippen molar-refractivity contribution in [1.82, 2.24) is 0 Å². The number of thiophene rings is 1. The van der Waals surface area contributed by atoms with Gasteiger partial charge in [0.1, 0.15) is 6.61 Å². The summed E-state index contributed by atoms with van der Waals surface area (Å²) < 4.78 is 7.53. The van der Waals surface area contributed by atoms with Gasteiger partial charge in [-0.15, -0.1) is 11.3 Å². The highest BCUT2D eigenvalue weighted by molar-refractivity contribution is 9.11. The summed E-state index contributed by atoms with van der Waals surface area (Å²) in [5, 5.41) is 0.584. The molecular formula is C11H8Br2ClNOS. The first-order chi connectivity index (χ1) is 8.06. The second kappa shape index (κ2) is 5.61. The van der Waals surface area contributed by atoms with Gasteiger partial charge in [-0.25, -0.2) is 0 Å². The van der Waals surface area contributed by atoms with Gasteiger partial charge in [0, 0.05) is 9.90 Å². The lowest BCUT2D eigenvalue weighted by atomic mass is 10.3. The molecule has 2 N–H and O–H groups in total. The van der Waals surface area contributed by atoms with Crippen molar-refractivity contribution in [2.75, 3.05) is 5.73 Å². The Morgan fingerprint density at radius 2 is 2.06 bits per heavy atom. The van der Waals surface area contributed by atoms with Gasteiger partial charge in [-0.05, 0) is 56.1 Å². The first kappa shape index (κ1) is 13.2. The number of rotatable bonds is 3. The molecule has 17 heavy (non-hydrogen) atoms. The summed E-state index contributed by atoms with van der Waals surface area (Å²) in [5.41, 5.74) is 6.37. The zero-order valence-electron chi connectivity index (χ0n) is 8.54. The molecule has 0 fully saturated rings. The molecular weight excluding hydrogens is 389 g/mol. The van der Waals surface area contributed by atoms with Crippen molar-refractivity contribution in [3.63, 3.8) is 0 Å². The number of nitrogens with two attached hydrogens (primary N) is 1. The number of hydrogen-bond donors (Lipinski definition) is 1. The van der Waals surface area contributed by atoms with E-state index >= 15 is 0 Å². The molecule has 0 atom stereocenters. The first-order valence-electron chi connectivity index (χ1n) is 4.68. The van der Waals surface area contributed by atoms with Gasteiger partial charge >= 0.3 is 0 Å². The minimum Gasteiger partial charge on any atom is -0.485 e. The molecule has 0 saturated heterocycles. The number of anilines is 1. The van der Waals surface area contributed by atoms with Gasteiger partial charge in [0.25, 0.3) is 0 Å². The van der Waals surface area contributed by atoms with Gasteiger partial charge in [0.05, 0.1) is 13.9 Å². The average Bonchev–Trinajstić information content (AvgIpc) is 2.62. The highest BCUT2D eigenvalue weighted by Crippen LogP contribution is 2.35. The molecule has 90 valence electrons. The van der Waals surface area contributed by atoms with Crippen LogP contribution in [0.25, 0.3) is 0 Å². The number of nitrogen functional groups attached to an aromatic ring is 1. The van der Waals surface area contributed by atoms with Crippen LogP contribution in [-0.2, 0) is 6.61 Å². The van der Waals surface area contributed by atoms with Gasteiger partial charge in [-0.1, -0.05) is 11.6 Å². The second-order valence-corrected chi connectivity index (χ2v) is 7.14. The quantitative estimate of drug-likeness (QED) is 0.733. The van der Waals surface area contributed by atoms with Crippen LogP contribution in [0.5, 0.6) is 5.75 Å². The molecule has 2 aromatic rings. The molecule has 0 spiro atoms. The number of halogens is 3. The molecule has 0 aliphatic rings. The Balaban J connectivity index is 2.14. The van der Waals surface area contributed by atoms with Gasteiger partial charge in [0.15, 0.2) is 5.75 Å². The topological polar surface area (TPSA) is 35.2 Å². The Kier molecular flexibility index (Phi) is 4.36. The van der Waals surface area contributed by atoms with Gasteiger partial charge in [0.2, 0.25) is 0 Å². The van der Waals surface area contributed by atoms with Crippen LogP contribution in [0.3, 0.4) is 0 Å². The van der Waals surface area contributed by atoms with E-state index < -0.39 is 0 Å². The van der Waals surface area contributed by atoms with Crippen molar-refractivity contribution >= 4 is 60.5 Å². The zero-order valence-corrected chi connectivity index (χ0v) is 13.3. The molecule has 2 nitrogen and oxygen atoms in total. The van der Waals surface area contributed by atoms with Crippen LogP contribution in [0.4, 0.5) is 5.69 Å². The van der Waals surface area contributed by atoms with Crippen molar-refractivity contribution in [3.05, 3.63) is 42.4 Å². The van der Waals surface area contributed by atoms with E-state index in [1.807, 2.05) is 12.1 Å². The SMILES string of the molecule is Nc1cc(Cl)cc(Br)c1OCc1ccc(Br)s1. The maximum atomic E-state index is 5.87. The predicted octanol–water partition coefficient (Wildman–Crippen LogP) is 5.09. The van der Waals surface area contributed by atoms with E-state index in [2.05, 4.69) is 31.9 Å². The van der Waals surface area contributed by atoms with Crippen LogP contribution in [-0.4, -0.2) is 0 Å². The Hall–Kier alpha value is -0.230.